The second-order valence-corrected chi connectivity index (χ2v) is 3.71. The third-order valence-electron chi connectivity index (χ3n) is 2.42. The zero-order valence-electron chi connectivity index (χ0n) is 9.98. The highest BCUT2D eigenvalue weighted by molar-refractivity contribution is 6.04. The summed E-state index contributed by atoms with van der Waals surface area (Å²) < 4.78 is 0. The van der Waals surface area contributed by atoms with Crippen molar-refractivity contribution in [2.75, 3.05) is 11.1 Å². The number of aromatic hydroxyl groups is 1. The lowest BCUT2D eigenvalue weighted by Crippen LogP contribution is -2.13. The number of carbonyl (C=O) groups excluding carboxylic acids is 1. The summed E-state index contributed by atoms with van der Waals surface area (Å²) in [6.45, 7) is 0. The van der Waals surface area contributed by atoms with Crippen LogP contribution in [-0.4, -0.2) is 25.9 Å². The molecule has 0 aliphatic rings. The first-order chi connectivity index (χ1) is 9.49. The van der Waals surface area contributed by atoms with Crippen molar-refractivity contribution in [1.29, 1.82) is 0 Å². The molecule has 1 heterocycles. The largest absolute Gasteiger partial charge is 0.502 e. The van der Waals surface area contributed by atoms with E-state index in [0.29, 0.717) is 0 Å². The van der Waals surface area contributed by atoms with E-state index in [1.165, 1.54) is 24.3 Å². The molecule has 1 amide bonds. The molecule has 9 heteroatoms. The van der Waals surface area contributed by atoms with Crippen molar-refractivity contribution < 1.29 is 14.8 Å². The van der Waals surface area contributed by atoms with Crippen LogP contribution in [-0.2, 0) is 0 Å². The zero-order chi connectivity index (χ0) is 14.7. The number of nitrogens with one attached hydrogen (secondary N) is 1. The van der Waals surface area contributed by atoms with Crippen LogP contribution in [0.2, 0.25) is 0 Å². The third kappa shape index (κ3) is 2.61. The van der Waals surface area contributed by atoms with Crippen molar-refractivity contribution in [3.05, 3.63) is 46.3 Å². The molecule has 0 fully saturated rings. The summed E-state index contributed by atoms with van der Waals surface area (Å²) >= 11 is 0. The molecule has 0 saturated carbocycles. The molecule has 0 spiro atoms. The SMILES string of the molecule is Nc1ncnc(NC(=O)c2ccc([N+](=O)[O-])cc2)c1O. The molecule has 0 radical (unpaired) electrons. The van der Waals surface area contributed by atoms with E-state index in [4.69, 9.17) is 5.73 Å². The number of nitro groups is 1. The van der Waals surface area contributed by atoms with Crippen LogP contribution in [0.25, 0.3) is 0 Å². The Morgan fingerprint density at radius 1 is 1.30 bits per heavy atom. The molecule has 0 bridgehead atoms. The smallest absolute Gasteiger partial charge is 0.269 e. The first kappa shape index (κ1) is 13.2. The molecular formula is C11H9N5O4. The first-order valence-corrected chi connectivity index (χ1v) is 5.34. The molecule has 0 atom stereocenters. The molecule has 2 rings (SSSR count). The molecule has 0 aliphatic heterocycles. The van der Waals surface area contributed by atoms with E-state index < -0.39 is 16.6 Å². The van der Waals surface area contributed by atoms with Gasteiger partial charge in [0.2, 0.25) is 5.75 Å². The minimum Gasteiger partial charge on any atom is -0.502 e. The van der Waals surface area contributed by atoms with Crippen molar-refractivity contribution in [2.24, 2.45) is 0 Å². The fourth-order valence-electron chi connectivity index (χ4n) is 1.40. The molecular weight excluding hydrogens is 266 g/mol. The summed E-state index contributed by atoms with van der Waals surface area (Å²) in [7, 11) is 0. The number of amides is 1. The Kier molecular flexibility index (Phi) is 3.42. The number of benzene rings is 1. The van der Waals surface area contributed by atoms with Crippen LogP contribution in [0.15, 0.2) is 30.6 Å². The van der Waals surface area contributed by atoms with Gasteiger partial charge in [0.25, 0.3) is 11.6 Å². The monoisotopic (exact) mass is 275 g/mol. The predicted octanol–water partition coefficient (Wildman–Crippen LogP) is 0.925. The fourth-order valence-corrected chi connectivity index (χ4v) is 1.40. The Morgan fingerprint density at radius 3 is 2.55 bits per heavy atom. The molecule has 0 aliphatic carbocycles. The van der Waals surface area contributed by atoms with Gasteiger partial charge in [-0.2, -0.15) is 0 Å². The van der Waals surface area contributed by atoms with Crippen LogP contribution in [0.3, 0.4) is 0 Å². The molecule has 0 unspecified atom stereocenters. The number of nitro benzene ring substituents is 1. The second-order valence-electron chi connectivity index (χ2n) is 3.71. The van der Waals surface area contributed by atoms with E-state index in [1.807, 2.05) is 0 Å². The van der Waals surface area contributed by atoms with Crippen LogP contribution in [0, 0.1) is 10.1 Å². The summed E-state index contributed by atoms with van der Waals surface area (Å²) in [5, 5.41) is 22.4. The molecule has 0 saturated heterocycles. The summed E-state index contributed by atoms with van der Waals surface area (Å²) in [5.74, 6) is -1.34. The normalized spacial score (nSPS) is 10.0. The molecule has 4 N–H and O–H groups in total. The Balaban J connectivity index is 2.20. The van der Waals surface area contributed by atoms with Gasteiger partial charge in [0.15, 0.2) is 11.6 Å². The van der Waals surface area contributed by atoms with Crippen molar-refractivity contribution in [2.45, 2.75) is 0 Å². The molecule has 20 heavy (non-hydrogen) atoms. The van der Waals surface area contributed by atoms with E-state index >= 15 is 0 Å². The number of anilines is 2. The first-order valence-electron chi connectivity index (χ1n) is 5.34. The van der Waals surface area contributed by atoms with Crippen LogP contribution in [0.4, 0.5) is 17.3 Å². The van der Waals surface area contributed by atoms with Crippen molar-refractivity contribution in [3.8, 4) is 5.75 Å². The van der Waals surface area contributed by atoms with E-state index in [0.717, 1.165) is 6.33 Å². The number of non-ortho nitro benzene ring substituents is 1. The van der Waals surface area contributed by atoms with Gasteiger partial charge in [0.1, 0.15) is 6.33 Å². The molecule has 1 aromatic carbocycles. The Labute approximate surface area is 112 Å². The van der Waals surface area contributed by atoms with E-state index in [-0.39, 0.29) is 22.9 Å². The average Bonchev–Trinajstić information content (AvgIpc) is 2.44. The predicted molar refractivity (Wildman–Crippen MR) is 69.2 cm³/mol. The maximum absolute atomic E-state index is 11.9. The topological polar surface area (TPSA) is 144 Å². The number of nitrogens with two attached hydrogens (primary N) is 1. The number of hydrogen-bond acceptors (Lipinski definition) is 7. The summed E-state index contributed by atoms with van der Waals surface area (Å²) in [5.41, 5.74) is 5.41. The van der Waals surface area contributed by atoms with Gasteiger partial charge in [0, 0.05) is 17.7 Å². The van der Waals surface area contributed by atoms with Gasteiger partial charge in [-0.05, 0) is 12.1 Å². The maximum atomic E-state index is 11.9. The number of rotatable bonds is 3. The Morgan fingerprint density at radius 2 is 1.95 bits per heavy atom. The zero-order valence-corrected chi connectivity index (χ0v) is 9.98. The van der Waals surface area contributed by atoms with Gasteiger partial charge < -0.3 is 16.2 Å². The summed E-state index contributed by atoms with van der Waals surface area (Å²) in [4.78, 5) is 29.0. The van der Waals surface area contributed by atoms with Gasteiger partial charge >= 0.3 is 0 Å². The lowest BCUT2D eigenvalue weighted by molar-refractivity contribution is -0.384. The van der Waals surface area contributed by atoms with Gasteiger partial charge in [-0.1, -0.05) is 0 Å². The van der Waals surface area contributed by atoms with E-state index in [9.17, 15) is 20.0 Å². The van der Waals surface area contributed by atoms with E-state index in [2.05, 4.69) is 15.3 Å². The Hall–Kier alpha value is -3.23. The number of aromatic nitrogens is 2. The van der Waals surface area contributed by atoms with E-state index in [1.54, 1.807) is 0 Å². The minimum absolute atomic E-state index is 0.129. The number of carbonyl (C=O) groups is 1. The number of nitrogen functional groups attached to an aromatic ring is 1. The fraction of sp³-hybridized carbons (Fsp3) is 0. The maximum Gasteiger partial charge on any atom is 0.269 e. The summed E-state index contributed by atoms with van der Waals surface area (Å²) in [6.07, 6.45) is 1.08. The van der Waals surface area contributed by atoms with Gasteiger partial charge in [0.05, 0.1) is 4.92 Å². The molecule has 102 valence electrons. The Bertz CT molecular complexity index is 671. The highest BCUT2D eigenvalue weighted by Crippen LogP contribution is 2.25. The van der Waals surface area contributed by atoms with Crippen LogP contribution >= 0.6 is 0 Å². The highest BCUT2D eigenvalue weighted by atomic mass is 16.6. The van der Waals surface area contributed by atoms with Gasteiger partial charge in [-0.15, -0.1) is 0 Å². The van der Waals surface area contributed by atoms with Crippen LogP contribution in [0.1, 0.15) is 10.4 Å². The highest BCUT2D eigenvalue weighted by Gasteiger charge is 2.13. The van der Waals surface area contributed by atoms with Gasteiger partial charge in [-0.25, -0.2) is 9.97 Å². The third-order valence-corrected chi connectivity index (χ3v) is 2.42. The number of hydrogen-bond donors (Lipinski definition) is 3. The quantitative estimate of drug-likeness (QED) is 0.557. The van der Waals surface area contributed by atoms with Crippen molar-refractivity contribution >= 4 is 23.2 Å². The van der Waals surface area contributed by atoms with Crippen LogP contribution < -0.4 is 11.1 Å². The lowest BCUT2D eigenvalue weighted by Gasteiger charge is -2.06. The molecule has 9 nitrogen and oxygen atoms in total. The van der Waals surface area contributed by atoms with Gasteiger partial charge in [-0.3, -0.25) is 14.9 Å². The minimum atomic E-state index is -0.590. The second kappa shape index (κ2) is 5.18. The lowest BCUT2D eigenvalue weighted by atomic mass is 10.2. The molecule has 1 aromatic heterocycles. The number of nitrogens with zero attached hydrogens (tertiary/aromatic N) is 3. The summed E-state index contributed by atoms with van der Waals surface area (Å²) in [6, 6.07) is 4.97. The standard InChI is InChI=1S/C11H9N5O4/c12-9-8(17)10(14-5-13-9)15-11(18)6-1-3-7(4-2-6)16(19)20/h1-5,17H,(H3,12,13,14,15,18). The molecule has 2 aromatic rings. The van der Waals surface area contributed by atoms with Crippen LogP contribution in [0.5, 0.6) is 5.75 Å². The van der Waals surface area contributed by atoms with Crippen molar-refractivity contribution in [3.63, 3.8) is 0 Å². The average molecular weight is 275 g/mol. The van der Waals surface area contributed by atoms with Crippen molar-refractivity contribution in [1.82, 2.24) is 9.97 Å².